The van der Waals surface area contributed by atoms with Crippen LogP contribution in [0.3, 0.4) is 0 Å². The van der Waals surface area contributed by atoms with Gasteiger partial charge in [0.15, 0.2) is 5.41 Å². The predicted molar refractivity (Wildman–Crippen MR) is 116 cm³/mol. The fraction of sp³-hybridized carbons (Fsp3) is 0.640. The largest absolute Gasteiger partial charge is 0.490 e. The Morgan fingerprint density at radius 1 is 1.18 bits per heavy atom. The van der Waals surface area contributed by atoms with Gasteiger partial charge in [-0.2, -0.15) is 0 Å². The van der Waals surface area contributed by atoms with E-state index in [1.54, 1.807) is 7.11 Å². The fourth-order valence-electron chi connectivity index (χ4n) is 5.13. The number of fused-ring (bicyclic) bond motifs is 1. The molecule has 1 aromatic rings. The molecule has 180 valence electrons. The Kier molecular flexibility index (Phi) is 6.40. The third-order valence-electron chi connectivity index (χ3n) is 7.43. The van der Waals surface area contributed by atoms with Crippen molar-refractivity contribution in [2.75, 3.05) is 20.3 Å². The highest BCUT2D eigenvalue weighted by Crippen LogP contribution is 2.63. The van der Waals surface area contributed by atoms with Crippen LogP contribution in [0.15, 0.2) is 24.3 Å². The maximum Gasteiger partial charge on any atom is 0.324 e. The highest BCUT2D eigenvalue weighted by molar-refractivity contribution is 6.03. The Morgan fingerprint density at radius 2 is 1.91 bits per heavy atom. The van der Waals surface area contributed by atoms with Crippen molar-refractivity contribution >= 4 is 17.9 Å². The van der Waals surface area contributed by atoms with Gasteiger partial charge in [-0.25, -0.2) is 0 Å². The SMILES string of the molecule is CCC(C)(C)C(=O)OC1C2CC3C1OC(=O)C3(C(=O)OCCOc1ccc(COC)cc1)C2. The summed E-state index contributed by atoms with van der Waals surface area (Å²) in [5.41, 5.74) is -0.867. The first-order chi connectivity index (χ1) is 15.7. The third-order valence-corrected chi connectivity index (χ3v) is 7.43. The van der Waals surface area contributed by atoms with Crippen LogP contribution in [0.1, 0.15) is 45.6 Å². The fourth-order valence-corrected chi connectivity index (χ4v) is 5.13. The minimum Gasteiger partial charge on any atom is -0.490 e. The summed E-state index contributed by atoms with van der Waals surface area (Å²) in [5.74, 6) is -1.18. The van der Waals surface area contributed by atoms with E-state index < -0.39 is 35.0 Å². The molecule has 8 nitrogen and oxygen atoms in total. The van der Waals surface area contributed by atoms with Crippen molar-refractivity contribution in [1.82, 2.24) is 0 Å². The molecule has 5 atom stereocenters. The third kappa shape index (κ3) is 4.09. The predicted octanol–water partition coefficient (Wildman–Crippen LogP) is 3.05. The normalized spacial score (nSPS) is 29.6. The van der Waals surface area contributed by atoms with Gasteiger partial charge in [0, 0.05) is 18.9 Å². The lowest BCUT2D eigenvalue weighted by Crippen LogP contribution is -2.46. The van der Waals surface area contributed by atoms with Crippen molar-refractivity contribution in [2.24, 2.45) is 22.7 Å². The molecule has 0 radical (unpaired) electrons. The van der Waals surface area contributed by atoms with E-state index in [1.165, 1.54) is 0 Å². The van der Waals surface area contributed by atoms with E-state index in [-0.39, 0.29) is 37.4 Å². The number of carbonyl (C=O) groups is 3. The van der Waals surface area contributed by atoms with Gasteiger partial charge in [0.2, 0.25) is 0 Å². The van der Waals surface area contributed by atoms with Crippen molar-refractivity contribution < 1.29 is 38.1 Å². The van der Waals surface area contributed by atoms with Crippen LogP contribution < -0.4 is 4.74 Å². The molecule has 0 amide bonds. The van der Waals surface area contributed by atoms with E-state index in [1.807, 2.05) is 45.0 Å². The molecule has 0 N–H and O–H groups in total. The Hall–Kier alpha value is -2.61. The monoisotopic (exact) mass is 460 g/mol. The van der Waals surface area contributed by atoms with Crippen LogP contribution in [-0.4, -0.2) is 50.4 Å². The summed E-state index contributed by atoms with van der Waals surface area (Å²) in [5, 5.41) is 0. The summed E-state index contributed by atoms with van der Waals surface area (Å²) in [6.07, 6.45) is 0.470. The Labute approximate surface area is 193 Å². The smallest absolute Gasteiger partial charge is 0.324 e. The van der Waals surface area contributed by atoms with Crippen LogP contribution in [0.25, 0.3) is 0 Å². The van der Waals surface area contributed by atoms with E-state index in [2.05, 4.69) is 0 Å². The van der Waals surface area contributed by atoms with Gasteiger partial charge in [0.05, 0.1) is 12.0 Å². The van der Waals surface area contributed by atoms with E-state index in [4.69, 9.17) is 23.7 Å². The summed E-state index contributed by atoms with van der Waals surface area (Å²) in [6.45, 7) is 6.32. The van der Waals surface area contributed by atoms with Crippen LogP contribution in [0.4, 0.5) is 0 Å². The summed E-state index contributed by atoms with van der Waals surface area (Å²) in [6, 6.07) is 7.45. The van der Waals surface area contributed by atoms with Crippen LogP contribution in [0.2, 0.25) is 0 Å². The summed E-state index contributed by atoms with van der Waals surface area (Å²) in [7, 11) is 1.64. The van der Waals surface area contributed by atoms with E-state index in [0.29, 0.717) is 25.2 Å². The molecule has 1 heterocycles. The number of hydrogen-bond acceptors (Lipinski definition) is 8. The molecule has 33 heavy (non-hydrogen) atoms. The highest BCUT2D eigenvalue weighted by Gasteiger charge is 2.75. The van der Waals surface area contributed by atoms with E-state index >= 15 is 0 Å². The minimum absolute atomic E-state index is 0.0266. The Bertz CT molecular complexity index is 907. The summed E-state index contributed by atoms with van der Waals surface area (Å²) >= 11 is 0. The molecular weight excluding hydrogens is 428 g/mol. The van der Waals surface area contributed by atoms with Crippen LogP contribution >= 0.6 is 0 Å². The molecular formula is C25H32O8. The van der Waals surface area contributed by atoms with Gasteiger partial charge in [0.25, 0.3) is 0 Å². The maximum absolute atomic E-state index is 13.0. The van der Waals surface area contributed by atoms with Crippen molar-refractivity contribution in [2.45, 2.75) is 58.8 Å². The number of methoxy groups -OCH3 is 1. The molecule has 2 saturated carbocycles. The van der Waals surface area contributed by atoms with Crippen molar-refractivity contribution in [3.05, 3.63) is 29.8 Å². The first-order valence-electron chi connectivity index (χ1n) is 11.5. The van der Waals surface area contributed by atoms with Gasteiger partial charge in [-0.05, 0) is 50.8 Å². The molecule has 2 bridgehead atoms. The van der Waals surface area contributed by atoms with E-state index in [0.717, 1.165) is 5.56 Å². The number of carbonyl (C=O) groups excluding carboxylic acids is 3. The number of rotatable bonds is 10. The highest BCUT2D eigenvalue weighted by atomic mass is 16.6. The van der Waals surface area contributed by atoms with Crippen molar-refractivity contribution in [1.29, 1.82) is 0 Å². The second-order valence-corrected chi connectivity index (χ2v) is 9.82. The standard InChI is InChI=1S/C25H32O8/c1-5-24(2,3)21(26)32-19-16-12-18-20(19)33-23(28)25(18,13-16)22(27)31-11-10-30-17-8-6-15(7-9-17)14-29-4/h6-9,16,18-20H,5,10-14H2,1-4H3. The number of hydrogen-bond donors (Lipinski definition) is 0. The summed E-state index contributed by atoms with van der Waals surface area (Å²) in [4.78, 5) is 38.3. The lowest BCUT2D eigenvalue weighted by Gasteiger charge is -2.32. The molecule has 0 spiro atoms. The van der Waals surface area contributed by atoms with Crippen LogP contribution in [0, 0.1) is 22.7 Å². The Morgan fingerprint density at radius 3 is 2.58 bits per heavy atom. The lowest BCUT2D eigenvalue weighted by molar-refractivity contribution is -0.170. The topological polar surface area (TPSA) is 97.4 Å². The molecule has 1 saturated heterocycles. The van der Waals surface area contributed by atoms with Gasteiger partial charge in [-0.1, -0.05) is 19.1 Å². The molecule has 3 aliphatic rings. The first kappa shape index (κ1) is 23.5. The Balaban J connectivity index is 1.31. The minimum atomic E-state index is -1.29. The zero-order valence-corrected chi connectivity index (χ0v) is 19.6. The molecule has 0 aromatic heterocycles. The van der Waals surface area contributed by atoms with Gasteiger partial charge in [0.1, 0.15) is 31.2 Å². The molecule has 8 heteroatoms. The van der Waals surface area contributed by atoms with Gasteiger partial charge >= 0.3 is 17.9 Å². The van der Waals surface area contributed by atoms with Crippen LogP contribution in [0.5, 0.6) is 5.75 Å². The lowest BCUT2D eigenvalue weighted by atomic mass is 9.73. The number of esters is 3. The van der Waals surface area contributed by atoms with Crippen molar-refractivity contribution in [3.63, 3.8) is 0 Å². The second kappa shape index (κ2) is 8.97. The van der Waals surface area contributed by atoms with Crippen LogP contribution in [-0.2, 0) is 39.9 Å². The number of benzene rings is 1. The number of ether oxygens (including phenoxy) is 5. The first-order valence-corrected chi connectivity index (χ1v) is 11.5. The molecule has 1 aliphatic heterocycles. The van der Waals surface area contributed by atoms with Gasteiger partial charge in [-0.15, -0.1) is 0 Å². The van der Waals surface area contributed by atoms with Gasteiger partial charge in [-0.3, -0.25) is 14.4 Å². The molecule has 5 unspecified atom stereocenters. The molecule has 4 rings (SSSR count). The zero-order chi connectivity index (χ0) is 23.8. The van der Waals surface area contributed by atoms with E-state index in [9.17, 15) is 14.4 Å². The molecule has 2 aliphatic carbocycles. The average Bonchev–Trinajstić information content (AvgIpc) is 3.40. The van der Waals surface area contributed by atoms with Crippen molar-refractivity contribution in [3.8, 4) is 5.75 Å². The summed E-state index contributed by atoms with van der Waals surface area (Å²) < 4.78 is 27.5. The molecule has 1 aromatic carbocycles. The van der Waals surface area contributed by atoms with Gasteiger partial charge < -0.3 is 23.7 Å². The zero-order valence-electron chi connectivity index (χ0n) is 19.6. The second-order valence-electron chi connectivity index (χ2n) is 9.82. The maximum atomic E-state index is 13.0. The molecule has 3 fully saturated rings. The average molecular weight is 461 g/mol. The quantitative estimate of drug-likeness (QED) is 0.227.